The van der Waals surface area contributed by atoms with Crippen LogP contribution in [-0.2, 0) is 0 Å². The highest BCUT2D eigenvalue weighted by molar-refractivity contribution is 5.66. The number of aromatic hydroxyl groups is 1. The standard InChI is InChI=1S/C24H38O/c1-2-3-4-5-6-7-8-9-10-11-12-21-13-15-22(16-14-21)23-17-19-24(25)20-18-23/h15,17-21,25H,2-14,16H2,1H3. The zero-order valence-electron chi connectivity index (χ0n) is 16.3. The van der Waals surface area contributed by atoms with E-state index < -0.39 is 0 Å². The van der Waals surface area contributed by atoms with Gasteiger partial charge >= 0.3 is 0 Å². The van der Waals surface area contributed by atoms with Gasteiger partial charge in [0, 0.05) is 0 Å². The Morgan fingerprint density at radius 3 is 2.00 bits per heavy atom. The van der Waals surface area contributed by atoms with Crippen molar-refractivity contribution >= 4 is 5.57 Å². The fourth-order valence-electron chi connectivity index (χ4n) is 4.01. The molecule has 0 bridgehead atoms. The van der Waals surface area contributed by atoms with Gasteiger partial charge in [-0.3, -0.25) is 0 Å². The molecule has 0 saturated carbocycles. The molecular formula is C24H38O. The van der Waals surface area contributed by atoms with Gasteiger partial charge in [0.2, 0.25) is 0 Å². The molecule has 1 nitrogen and oxygen atoms in total. The van der Waals surface area contributed by atoms with Gasteiger partial charge in [0.25, 0.3) is 0 Å². The average Bonchev–Trinajstić information content (AvgIpc) is 2.64. The van der Waals surface area contributed by atoms with E-state index in [1.807, 2.05) is 12.1 Å². The zero-order valence-corrected chi connectivity index (χ0v) is 16.3. The molecule has 1 unspecified atom stereocenters. The summed E-state index contributed by atoms with van der Waals surface area (Å²) in [4.78, 5) is 0. The highest BCUT2D eigenvalue weighted by Gasteiger charge is 2.15. The summed E-state index contributed by atoms with van der Waals surface area (Å²) >= 11 is 0. The SMILES string of the molecule is CCCCCCCCCCCCC1CC=C(c2ccc(O)cc2)CC1. The third kappa shape index (κ3) is 8.12. The largest absolute Gasteiger partial charge is 0.508 e. The lowest BCUT2D eigenvalue weighted by Crippen LogP contribution is -2.05. The first kappa shape index (κ1) is 20.1. The van der Waals surface area contributed by atoms with Crippen LogP contribution in [-0.4, -0.2) is 5.11 Å². The van der Waals surface area contributed by atoms with Gasteiger partial charge in [0.1, 0.15) is 5.75 Å². The molecule has 1 aromatic rings. The first-order valence-corrected chi connectivity index (χ1v) is 10.8. The molecule has 1 atom stereocenters. The Bertz CT molecular complexity index is 485. The van der Waals surface area contributed by atoms with E-state index in [4.69, 9.17) is 0 Å². The van der Waals surface area contributed by atoms with Crippen LogP contribution in [0.2, 0.25) is 0 Å². The molecule has 140 valence electrons. The Morgan fingerprint density at radius 1 is 0.840 bits per heavy atom. The van der Waals surface area contributed by atoms with Crippen molar-refractivity contribution in [2.45, 2.75) is 96.8 Å². The topological polar surface area (TPSA) is 20.2 Å². The third-order valence-electron chi connectivity index (χ3n) is 5.72. The molecule has 1 aliphatic rings. The fraction of sp³-hybridized carbons (Fsp3) is 0.667. The van der Waals surface area contributed by atoms with Gasteiger partial charge in [0.15, 0.2) is 0 Å². The molecule has 0 saturated heterocycles. The van der Waals surface area contributed by atoms with Gasteiger partial charge in [0.05, 0.1) is 0 Å². The van der Waals surface area contributed by atoms with Gasteiger partial charge < -0.3 is 5.11 Å². The van der Waals surface area contributed by atoms with E-state index in [1.54, 1.807) is 12.1 Å². The smallest absolute Gasteiger partial charge is 0.115 e. The van der Waals surface area contributed by atoms with Crippen LogP contribution in [0.5, 0.6) is 5.75 Å². The van der Waals surface area contributed by atoms with Crippen LogP contribution in [0, 0.1) is 5.92 Å². The lowest BCUT2D eigenvalue weighted by molar-refractivity contribution is 0.422. The molecule has 1 heteroatoms. The second-order valence-corrected chi connectivity index (χ2v) is 7.89. The van der Waals surface area contributed by atoms with E-state index in [9.17, 15) is 5.11 Å². The summed E-state index contributed by atoms with van der Waals surface area (Å²) in [5.41, 5.74) is 2.76. The third-order valence-corrected chi connectivity index (χ3v) is 5.72. The van der Waals surface area contributed by atoms with Crippen LogP contribution in [0.15, 0.2) is 30.3 Å². The molecule has 1 N–H and O–H groups in total. The summed E-state index contributed by atoms with van der Waals surface area (Å²) in [6.07, 6.45) is 21.9. The van der Waals surface area contributed by atoms with E-state index in [2.05, 4.69) is 13.0 Å². The van der Waals surface area contributed by atoms with Gasteiger partial charge in [-0.25, -0.2) is 0 Å². The van der Waals surface area contributed by atoms with Gasteiger partial charge in [-0.05, 0) is 48.4 Å². The lowest BCUT2D eigenvalue weighted by atomic mass is 9.84. The summed E-state index contributed by atoms with van der Waals surface area (Å²) in [6, 6.07) is 7.69. The van der Waals surface area contributed by atoms with E-state index in [-0.39, 0.29) is 0 Å². The number of hydrogen-bond acceptors (Lipinski definition) is 1. The van der Waals surface area contributed by atoms with Crippen molar-refractivity contribution in [1.29, 1.82) is 0 Å². The van der Waals surface area contributed by atoms with Crippen molar-refractivity contribution < 1.29 is 5.11 Å². The average molecular weight is 343 g/mol. The van der Waals surface area contributed by atoms with Crippen LogP contribution < -0.4 is 0 Å². The van der Waals surface area contributed by atoms with E-state index in [0.29, 0.717) is 5.75 Å². The minimum atomic E-state index is 0.360. The highest BCUT2D eigenvalue weighted by atomic mass is 16.3. The Morgan fingerprint density at radius 2 is 1.44 bits per heavy atom. The predicted octanol–water partition coefficient (Wildman–Crippen LogP) is 7.89. The zero-order chi connectivity index (χ0) is 17.7. The number of hydrogen-bond donors (Lipinski definition) is 1. The molecule has 0 fully saturated rings. The molecule has 0 spiro atoms. The second kappa shape index (κ2) is 12.2. The number of rotatable bonds is 12. The van der Waals surface area contributed by atoms with Crippen molar-refractivity contribution in [3.8, 4) is 5.75 Å². The Kier molecular flexibility index (Phi) is 9.77. The Hall–Kier alpha value is -1.24. The molecule has 1 aromatic carbocycles. The highest BCUT2D eigenvalue weighted by Crippen LogP contribution is 2.33. The predicted molar refractivity (Wildman–Crippen MR) is 110 cm³/mol. The molecule has 0 aliphatic heterocycles. The Labute approximate surface area is 155 Å². The molecule has 0 radical (unpaired) electrons. The first-order chi connectivity index (χ1) is 12.3. The Balaban J connectivity index is 1.50. The molecular weight excluding hydrogens is 304 g/mol. The van der Waals surface area contributed by atoms with Gasteiger partial charge in [-0.1, -0.05) is 95.8 Å². The number of allylic oxidation sites excluding steroid dienone is 2. The summed E-state index contributed by atoms with van der Waals surface area (Å²) in [5, 5.41) is 9.40. The van der Waals surface area contributed by atoms with E-state index in [0.717, 1.165) is 5.92 Å². The monoisotopic (exact) mass is 342 g/mol. The normalized spacial score (nSPS) is 17.5. The summed E-state index contributed by atoms with van der Waals surface area (Å²) < 4.78 is 0. The minimum Gasteiger partial charge on any atom is -0.508 e. The van der Waals surface area contributed by atoms with Gasteiger partial charge in [-0.2, -0.15) is 0 Å². The lowest BCUT2D eigenvalue weighted by Gasteiger charge is -2.22. The number of phenolic OH excluding ortho intramolecular Hbond substituents is 1. The number of unbranched alkanes of at least 4 members (excludes halogenated alkanes) is 9. The maximum Gasteiger partial charge on any atom is 0.115 e. The molecule has 0 amide bonds. The van der Waals surface area contributed by atoms with Crippen LogP contribution >= 0.6 is 0 Å². The number of benzene rings is 1. The van der Waals surface area contributed by atoms with Crippen molar-refractivity contribution in [3.05, 3.63) is 35.9 Å². The molecule has 25 heavy (non-hydrogen) atoms. The maximum atomic E-state index is 9.40. The summed E-state index contributed by atoms with van der Waals surface area (Å²) in [6.45, 7) is 2.29. The van der Waals surface area contributed by atoms with Crippen LogP contribution in [0.3, 0.4) is 0 Å². The van der Waals surface area contributed by atoms with Crippen LogP contribution in [0.1, 0.15) is 102 Å². The first-order valence-electron chi connectivity index (χ1n) is 10.8. The quantitative estimate of drug-likeness (QED) is 0.383. The van der Waals surface area contributed by atoms with Gasteiger partial charge in [-0.15, -0.1) is 0 Å². The van der Waals surface area contributed by atoms with Crippen molar-refractivity contribution in [2.75, 3.05) is 0 Å². The summed E-state index contributed by atoms with van der Waals surface area (Å²) in [5.74, 6) is 1.26. The number of phenols is 1. The minimum absolute atomic E-state index is 0.360. The van der Waals surface area contributed by atoms with E-state index in [1.165, 1.54) is 101 Å². The second-order valence-electron chi connectivity index (χ2n) is 7.89. The van der Waals surface area contributed by atoms with Crippen molar-refractivity contribution in [1.82, 2.24) is 0 Å². The molecule has 0 aromatic heterocycles. The maximum absolute atomic E-state index is 9.40. The molecule has 2 rings (SSSR count). The molecule has 0 heterocycles. The molecule has 1 aliphatic carbocycles. The van der Waals surface area contributed by atoms with Crippen molar-refractivity contribution in [3.63, 3.8) is 0 Å². The van der Waals surface area contributed by atoms with E-state index >= 15 is 0 Å². The van der Waals surface area contributed by atoms with Crippen molar-refractivity contribution in [2.24, 2.45) is 5.92 Å². The summed E-state index contributed by atoms with van der Waals surface area (Å²) in [7, 11) is 0. The van der Waals surface area contributed by atoms with Crippen LogP contribution in [0.4, 0.5) is 0 Å². The van der Waals surface area contributed by atoms with Crippen LogP contribution in [0.25, 0.3) is 5.57 Å². The fourth-order valence-corrected chi connectivity index (χ4v) is 4.01.